The molecular weight excluding hydrogens is 131 g/mol. The van der Waals surface area contributed by atoms with Crippen LogP contribution in [0.2, 0.25) is 0 Å². The van der Waals surface area contributed by atoms with E-state index in [-0.39, 0.29) is 8.46 Å². The van der Waals surface area contributed by atoms with Gasteiger partial charge in [0.05, 0.1) is 0 Å². The Labute approximate surface area is 45.7 Å². The van der Waals surface area contributed by atoms with Gasteiger partial charge in [-0.05, 0) is 11.5 Å². The Morgan fingerprint density at radius 1 is 1.86 bits per heavy atom. The summed E-state index contributed by atoms with van der Waals surface area (Å²) >= 11 is 1.20. The molecule has 0 aliphatic heterocycles. The van der Waals surface area contributed by atoms with Crippen molar-refractivity contribution in [1.29, 1.82) is 0 Å². The minimum Gasteiger partial charge on any atom is -0.267 e. The average Bonchev–Trinajstić information content (AvgIpc) is 2.14. The molecule has 3 nitrogen and oxygen atoms in total. The second-order valence-corrected chi connectivity index (χ2v) is 2.10. The SMILES string of the molecule is O=Pc1csnn1. The van der Waals surface area contributed by atoms with E-state index in [1.807, 2.05) is 0 Å². The summed E-state index contributed by atoms with van der Waals surface area (Å²) in [7, 11) is -0.0482. The van der Waals surface area contributed by atoms with E-state index in [0.717, 1.165) is 0 Å². The maximum Gasteiger partial charge on any atom is 0.215 e. The van der Waals surface area contributed by atoms with E-state index in [2.05, 4.69) is 9.59 Å². The lowest BCUT2D eigenvalue weighted by atomic mass is 11.0. The first kappa shape index (κ1) is 4.81. The number of nitrogens with zero attached hydrogens (tertiary/aromatic N) is 2. The van der Waals surface area contributed by atoms with Crippen molar-refractivity contribution in [1.82, 2.24) is 9.59 Å². The molecule has 0 N–H and O–H groups in total. The van der Waals surface area contributed by atoms with E-state index < -0.39 is 0 Å². The summed E-state index contributed by atoms with van der Waals surface area (Å²) in [5, 5.41) is 5.11. The number of rotatable bonds is 1. The molecule has 5 heteroatoms. The van der Waals surface area contributed by atoms with E-state index in [4.69, 9.17) is 0 Å². The first-order valence-corrected chi connectivity index (χ1v) is 3.19. The zero-order valence-corrected chi connectivity index (χ0v) is 4.95. The molecule has 0 bridgehead atoms. The Balaban J connectivity index is 2.96. The van der Waals surface area contributed by atoms with Crippen LogP contribution in [-0.2, 0) is 4.57 Å². The maximum absolute atomic E-state index is 9.87. The highest BCUT2D eigenvalue weighted by atomic mass is 32.1. The summed E-state index contributed by atoms with van der Waals surface area (Å²) in [6.07, 6.45) is 0. The van der Waals surface area contributed by atoms with Crippen molar-refractivity contribution in [2.45, 2.75) is 0 Å². The lowest BCUT2D eigenvalue weighted by Gasteiger charge is -1.59. The predicted molar refractivity (Wildman–Crippen MR) is 27.1 cm³/mol. The van der Waals surface area contributed by atoms with Gasteiger partial charge in [0.1, 0.15) is 0 Å². The smallest absolute Gasteiger partial charge is 0.215 e. The Morgan fingerprint density at radius 2 is 2.71 bits per heavy atom. The zero-order chi connectivity index (χ0) is 5.11. The van der Waals surface area contributed by atoms with Crippen molar-refractivity contribution in [2.24, 2.45) is 0 Å². The molecule has 0 aliphatic carbocycles. The molecule has 7 heavy (non-hydrogen) atoms. The fourth-order valence-corrected chi connectivity index (χ4v) is 0.978. The summed E-state index contributed by atoms with van der Waals surface area (Å²) in [6, 6.07) is 0. The van der Waals surface area contributed by atoms with Gasteiger partial charge in [0.25, 0.3) is 0 Å². The van der Waals surface area contributed by atoms with Gasteiger partial charge >= 0.3 is 0 Å². The minimum absolute atomic E-state index is 0.0482. The van der Waals surface area contributed by atoms with E-state index in [9.17, 15) is 4.57 Å². The van der Waals surface area contributed by atoms with Crippen LogP contribution in [0.1, 0.15) is 0 Å². The van der Waals surface area contributed by atoms with E-state index in [0.29, 0.717) is 5.44 Å². The third-order valence-corrected chi connectivity index (χ3v) is 1.53. The standard InChI is InChI=1S/C2HN2OPS/c5-6-2-1-7-4-3-2/h1H. The van der Waals surface area contributed by atoms with Crippen molar-refractivity contribution in [3.8, 4) is 0 Å². The summed E-state index contributed by atoms with van der Waals surface area (Å²) in [5.74, 6) is 0. The molecule has 0 fully saturated rings. The first-order chi connectivity index (χ1) is 3.43. The molecule has 0 aliphatic rings. The second-order valence-electron chi connectivity index (χ2n) is 0.854. The van der Waals surface area contributed by atoms with Gasteiger partial charge < -0.3 is 0 Å². The Bertz CT molecular complexity index is 151. The third kappa shape index (κ3) is 1.01. The fraction of sp³-hybridized carbons (Fsp3) is 0. The molecule has 0 aromatic carbocycles. The van der Waals surface area contributed by atoms with Crippen molar-refractivity contribution >= 4 is 25.4 Å². The number of aromatic nitrogens is 2. The third-order valence-electron chi connectivity index (χ3n) is 0.442. The Hall–Kier alpha value is -0.340. The van der Waals surface area contributed by atoms with Gasteiger partial charge in [-0.1, -0.05) is 4.49 Å². The van der Waals surface area contributed by atoms with Crippen LogP contribution in [0.25, 0.3) is 0 Å². The molecule has 0 saturated carbocycles. The largest absolute Gasteiger partial charge is 0.267 e. The van der Waals surface area contributed by atoms with Crippen LogP contribution in [0.5, 0.6) is 0 Å². The Kier molecular flexibility index (Phi) is 1.44. The van der Waals surface area contributed by atoms with Gasteiger partial charge in [-0.3, -0.25) is 4.57 Å². The molecule has 36 valence electrons. The first-order valence-electron chi connectivity index (χ1n) is 1.54. The van der Waals surface area contributed by atoms with Crippen LogP contribution in [0.3, 0.4) is 0 Å². The lowest BCUT2D eigenvalue weighted by Crippen LogP contribution is -1.87. The van der Waals surface area contributed by atoms with Gasteiger partial charge in [0, 0.05) is 5.38 Å². The highest BCUT2D eigenvalue weighted by Crippen LogP contribution is 1.91. The van der Waals surface area contributed by atoms with E-state index in [1.165, 1.54) is 11.5 Å². The van der Waals surface area contributed by atoms with Crippen molar-refractivity contribution < 1.29 is 4.57 Å². The van der Waals surface area contributed by atoms with E-state index in [1.54, 1.807) is 5.38 Å². The van der Waals surface area contributed by atoms with Gasteiger partial charge in [-0.25, -0.2) is 0 Å². The highest BCUT2D eigenvalue weighted by molar-refractivity contribution is 7.34. The topological polar surface area (TPSA) is 42.9 Å². The van der Waals surface area contributed by atoms with Gasteiger partial charge in [0.15, 0.2) is 5.44 Å². The lowest BCUT2D eigenvalue weighted by molar-refractivity contribution is 0.602. The van der Waals surface area contributed by atoms with Crippen LogP contribution in [0.4, 0.5) is 0 Å². The molecule has 0 unspecified atom stereocenters. The summed E-state index contributed by atoms with van der Waals surface area (Å²) in [6.45, 7) is 0. The maximum atomic E-state index is 9.87. The summed E-state index contributed by atoms with van der Waals surface area (Å²) in [5.41, 5.74) is 0.505. The van der Waals surface area contributed by atoms with Crippen molar-refractivity contribution in [3.05, 3.63) is 5.38 Å². The molecule has 1 aromatic heterocycles. The molecule has 1 rings (SSSR count). The molecular formula is C2HN2OPS. The monoisotopic (exact) mass is 132 g/mol. The molecule has 1 aromatic rings. The summed E-state index contributed by atoms with van der Waals surface area (Å²) < 4.78 is 13.3. The van der Waals surface area contributed by atoms with Gasteiger partial charge in [-0.15, -0.1) is 5.10 Å². The van der Waals surface area contributed by atoms with Crippen LogP contribution < -0.4 is 5.44 Å². The Morgan fingerprint density at radius 3 is 3.00 bits per heavy atom. The van der Waals surface area contributed by atoms with Gasteiger partial charge in [-0.2, -0.15) is 0 Å². The predicted octanol–water partition coefficient (Wildman–Crippen LogP) is 0.455. The van der Waals surface area contributed by atoms with E-state index >= 15 is 0 Å². The molecule has 0 atom stereocenters. The van der Waals surface area contributed by atoms with Crippen molar-refractivity contribution in [2.75, 3.05) is 0 Å². The molecule has 0 amide bonds. The molecule has 0 saturated heterocycles. The molecule has 0 radical (unpaired) electrons. The molecule has 1 heterocycles. The molecule has 0 spiro atoms. The van der Waals surface area contributed by atoms with Crippen LogP contribution in [-0.4, -0.2) is 9.59 Å². The minimum atomic E-state index is -0.0482. The van der Waals surface area contributed by atoms with Crippen molar-refractivity contribution in [3.63, 3.8) is 0 Å². The zero-order valence-electron chi connectivity index (χ0n) is 3.24. The number of hydrogen-bond donors (Lipinski definition) is 0. The number of hydrogen-bond acceptors (Lipinski definition) is 4. The second kappa shape index (κ2) is 2.09. The summed E-state index contributed by atoms with van der Waals surface area (Å²) in [4.78, 5) is 0. The average molecular weight is 132 g/mol. The van der Waals surface area contributed by atoms with Gasteiger partial charge in [0.2, 0.25) is 8.46 Å². The fourth-order valence-electron chi connectivity index (χ4n) is 0.199. The highest BCUT2D eigenvalue weighted by Gasteiger charge is 1.88. The normalized spacial score (nSPS) is 9.71. The van der Waals surface area contributed by atoms with Crippen LogP contribution >= 0.6 is 20.0 Å². The van der Waals surface area contributed by atoms with Crippen LogP contribution in [0.15, 0.2) is 5.38 Å². The quantitative estimate of drug-likeness (QED) is 0.521. The van der Waals surface area contributed by atoms with Crippen LogP contribution in [0, 0.1) is 0 Å².